The Hall–Kier alpha value is -1.10. The van der Waals surface area contributed by atoms with Crippen molar-refractivity contribution in [1.29, 1.82) is 0 Å². The second-order valence-electron chi connectivity index (χ2n) is 3.77. The van der Waals surface area contributed by atoms with Crippen molar-refractivity contribution in [3.05, 3.63) is 0 Å². The molecule has 1 rings (SSSR count). The molecular formula is C9H16N2O3. The lowest BCUT2D eigenvalue weighted by Gasteiger charge is -2.22. The van der Waals surface area contributed by atoms with Gasteiger partial charge in [0.25, 0.3) is 0 Å². The number of nitrogens with one attached hydrogen (secondary N) is 2. The molecule has 80 valence electrons. The number of ether oxygens (including phenoxy) is 1. The fourth-order valence-corrected chi connectivity index (χ4v) is 1.12. The first kappa shape index (κ1) is 11.0. The number of rotatable bonds is 3. The third kappa shape index (κ3) is 3.33. The number of carbonyl (C=O) groups excluding carboxylic acids is 2. The summed E-state index contributed by atoms with van der Waals surface area (Å²) in [7, 11) is 0. The van der Waals surface area contributed by atoms with Crippen molar-refractivity contribution in [3.8, 4) is 0 Å². The van der Waals surface area contributed by atoms with Crippen LogP contribution in [0.25, 0.3) is 0 Å². The van der Waals surface area contributed by atoms with Gasteiger partial charge in [0.05, 0.1) is 6.61 Å². The van der Waals surface area contributed by atoms with Crippen LogP contribution in [0.4, 0.5) is 0 Å². The highest BCUT2D eigenvalue weighted by Gasteiger charge is 2.24. The van der Waals surface area contributed by atoms with Gasteiger partial charge in [0, 0.05) is 6.54 Å². The Morgan fingerprint density at radius 1 is 1.71 bits per heavy atom. The number of hydrogen-bond donors (Lipinski definition) is 2. The molecule has 0 aromatic rings. The second kappa shape index (κ2) is 4.95. The highest BCUT2D eigenvalue weighted by atomic mass is 16.5. The van der Waals surface area contributed by atoms with E-state index in [4.69, 9.17) is 4.74 Å². The van der Waals surface area contributed by atoms with E-state index >= 15 is 0 Å². The molecule has 0 aliphatic carbocycles. The quantitative estimate of drug-likeness (QED) is 0.631. The maximum atomic E-state index is 11.4. The Kier molecular flexibility index (Phi) is 3.88. The highest BCUT2D eigenvalue weighted by Crippen LogP contribution is 1.95. The van der Waals surface area contributed by atoms with Gasteiger partial charge in [-0.15, -0.1) is 0 Å². The van der Waals surface area contributed by atoms with Crippen molar-refractivity contribution in [3.63, 3.8) is 0 Å². The van der Waals surface area contributed by atoms with E-state index in [1.165, 1.54) is 0 Å². The van der Waals surface area contributed by atoms with Crippen LogP contribution in [0, 0.1) is 5.92 Å². The van der Waals surface area contributed by atoms with E-state index in [0.717, 1.165) is 0 Å². The number of amides is 2. The Balaban J connectivity index is 2.32. The maximum Gasteiger partial charge on any atom is 0.246 e. The van der Waals surface area contributed by atoms with Crippen LogP contribution in [0.15, 0.2) is 0 Å². The van der Waals surface area contributed by atoms with Gasteiger partial charge in [0.15, 0.2) is 0 Å². The second-order valence-corrected chi connectivity index (χ2v) is 3.77. The van der Waals surface area contributed by atoms with Crippen molar-refractivity contribution >= 4 is 11.8 Å². The molecule has 1 unspecified atom stereocenters. The molecule has 0 radical (unpaired) electrons. The minimum atomic E-state index is -0.532. The van der Waals surface area contributed by atoms with Gasteiger partial charge in [-0.05, 0) is 5.92 Å². The van der Waals surface area contributed by atoms with E-state index in [-0.39, 0.29) is 25.0 Å². The molecule has 1 atom stereocenters. The first-order valence-electron chi connectivity index (χ1n) is 4.74. The molecule has 0 aromatic carbocycles. The van der Waals surface area contributed by atoms with Gasteiger partial charge in [-0.3, -0.25) is 9.59 Å². The minimum Gasteiger partial charge on any atom is -0.369 e. The summed E-state index contributed by atoms with van der Waals surface area (Å²) < 4.78 is 4.95. The van der Waals surface area contributed by atoms with E-state index in [0.29, 0.717) is 12.5 Å². The van der Waals surface area contributed by atoms with Crippen LogP contribution >= 0.6 is 0 Å². The molecule has 0 spiro atoms. The third-order valence-corrected chi connectivity index (χ3v) is 1.85. The van der Waals surface area contributed by atoms with Crippen molar-refractivity contribution in [1.82, 2.24) is 10.6 Å². The summed E-state index contributed by atoms with van der Waals surface area (Å²) in [5.41, 5.74) is 0. The lowest BCUT2D eigenvalue weighted by Crippen LogP contribution is -2.54. The highest BCUT2D eigenvalue weighted by molar-refractivity contribution is 5.88. The molecule has 0 bridgehead atoms. The van der Waals surface area contributed by atoms with Crippen LogP contribution < -0.4 is 10.6 Å². The van der Waals surface area contributed by atoms with Crippen LogP contribution in [0.1, 0.15) is 13.8 Å². The third-order valence-electron chi connectivity index (χ3n) is 1.85. The Bertz CT molecular complexity index is 228. The number of carbonyl (C=O) groups is 2. The summed E-state index contributed by atoms with van der Waals surface area (Å²) in [6, 6.07) is -0.532. The molecule has 2 amide bonds. The molecule has 0 aromatic heterocycles. The zero-order valence-corrected chi connectivity index (χ0v) is 8.50. The van der Waals surface area contributed by atoms with E-state index in [1.807, 2.05) is 13.8 Å². The summed E-state index contributed by atoms with van der Waals surface area (Å²) in [4.78, 5) is 22.3. The van der Waals surface area contributed by atoms with Crippen LogP contribution in [0.2, 0.25) is 0 Å². The van der Waals surface area contributed by atoms with E-state index < -0.39 is 6.04 Å². The maximum absolute atomic E-state index is 11.4. The molecule has 2 N–H and O–H groups in total. The van der Waals surface area contributed by atoms with Crippen LogP contribution in [-0.2, 0) is 14.3 Å². The Labute approximate surface area is 83.2 Å². The van der Waals surface area contributed by atoms with E-state index in [2.05, 4.69) is 10.6 Å². The summed E-state index contributed by atoms with van der Waals surface area (Å²) in [6.45, 7) is 4.95. The van der Waals surface area contributed by atoms with Crippen LogP contribution in [0.5, 0.6) is 0 Å². The summed E-state index contributed by atoms with van der Waals surface area (Å²) >= 11 is 0. The average molecular weight is 200 g/mol. The lowest BCUT2D eigenvalue weighted by molar-refractivity contribution is -0.138. The predicted octanol–water partition coefficient (Wildman–Crippen LogP) is -0.726. The average Bonchev–Trinajstić information content (AvgIpc) is 2.14. The van der Waals surface area contributed by atoms with Gasteiger partial charge < -0.3 is 15.4 Å². The summed E-state index contributed by atoms with van der Waals surface area (Å²) in [6.07, 6.45) is 0. The topological polar surface area (TPSA) is 67.4 Å². The molecule has 1 saturated heterocycles. The molecular weight excluding hydrogens is 184 g/mol. The lowest BCUT2D eigenvalue weighted by atomic mass is 10.2. The fourth-order valence-electron chi connectivity index (χ4n) is 1.12. The standard InChI is InChI=1S/C9H16N2O3/c1-6(2)3-10-9(13)7-4-14-5-8(12)11-7/h6-7H,3-5H2,1-2H3,(H,10,13)(H,11,12). The first-order chi connectivity index (χ1) is 6.59. The van der Waals surface area contributed by atoms with Gasteiger partial charge >= 0.3 is 0 Å². The number of hydrogen-bond acceptors (Lipinski definition) is 3. The molecule has 14 heavy (non-hydrogen) atoms. The molecule has 5 heteroatoms. The Morgan fingerprint density at radius 3 is 3.00 bits per heavy atom. The first-order valence-corrected chi connectivity index (χ1v) is 4.74. The van der Waals surface area contributed by atoms with Crippen molar-refractivity contribution in [2.45, 2.75) is 19.9 Å². The van der Waals surface area contributed by atoms with Crippen LogP contribution in [0.3, 0.4) is 0 Å². The van der Waals surface area contributed by atoms with Gasteiger partial charge in [0.1, 0.15) is 12.6 Å². The molecule has 5 nitrogen and oxygen atoms in total. The van der Waals surface area contributed by atoms with Gasteiger partial charge in [-0.25, -0.2) is 0 Å². The molecule has 1 aliphatic heterocycles. The molecule has 0 saturated carbocycles. The molecule has 1 heterocycles. The number of morpholine rings is 1. The Morgan fingerprint density at radius 2 is 2.43 bits per heavy atom. The van der Waals surface area contributed by atoms with Crippen molar-refractivity contribution in [2.75, 3.05) is 19.8 Å². The largest absolute Gasteiger partial charge is 0.369 e. The zero-order valence-electron chi connectivity index (χ0n) is 8.50. The van der Waals surface area contributed by atoms with Gasteiger partial charge in [-0.1, -0.05) is 13.8 Å². The fraction of sp³-hybridized carbons (Fsp3) is 0.778. The summed E-state index contributed by atoms with van der Waals surface area (Å²) in [5, 5.41) is 5.30. The monoisotopic (exact) mass is 200 g/mol. The van der Waals surface area contributed by atoms with E-state index in [9.17, 15) is 9.59 Å². The predicted molar refractivity (Wildman–Crippen MR) is 50.6 cm³/mol. The normalized spacial score (nSPS) is 21.9. The van der Waals surface area contributed by atoms with Crippen molar-refractivity contribution in [2.24, 2.45) is 5.92 Å². The van der Waals surface area contributed by atoms with Crippen molar-refractivity contribution < 1.29 is 14.3 Å². The smallest absolute Gasteiger partial charge is 0.246 e. The van der Waals surface area contributed by atoms with Gasteiger partial charge in [-0.2, -0.15) is 0 Å². The van der Waals surface area contributed by atoms with Gasteiger partial charge in [0.2, 0.25) is 11.8 Å². The molecule has 1 aliphatic rings. The van der Waals surface area contributed by atoms with E-state index in [1.54, 1.807) is 0 Å². The zero-order chi connectivity index (χ0) is 10.6. The summed E-state index contributed by atoms with van der Waals surface area (Å²) in [5.74, 6) is -0.00754. The minimum absolute atomic E-state index is 0.0496. The SMILES string of the molecule is CC(C)CNC(=O)C1COCC(=O)N1. The van der Waals surface area contributed by atoms with Crippen LogP contribution in [-0.4, -0.2) is 37.6 Å². The molecule has 1 fully saturated rings.